The predicted molar refractivity (Wildman–Crippen MR) is 118 cm³/mol. The van der Waals surface area contributed by atoms with Gasteiger partial charge in [0, 0.05) is 31.9 Å². The van der Waals surface area contributed by atoms with Crippen LogP contribution in [0.15, 0.2) is 54.6 Å². The van der Waals surface area contributed by atoms with E-state index in [9.17, 15) is 9.59 Å². The van der Waals surface area contributed by atoms with Gasteiger partial charge in [-0.05, 0) is 40.1 Å². The van der Waals surface area contributed by atoms with Gasteiger partial charge in [0.1, 0.15) is 0 Å². The van der Waals surface area contributed by atoms with Gasteiger partial charge in [-0.25, -0.2) is 4.79 Å². The van der Waals surface area contributed by atoms with E-state index in [4.69, 9.17) is 9.47 Å². The van der Waals surface area contributed by atoms with Crippen LogP contribution in [0.3, 0.4) is 0 Å². The average molecular weight is 416 g/mol. The van der Waals surface area contributed by atoms with Crippen LogP contribution < -0.4 is 4.90 Å². The number of nitrogens with zero attached hydrogens (tertiary/aromatic N) is 2. The fraction of sp³-hybridized carbons (Fsp3) is 0.280. The van der Waals surface area contributed by atoms with Crippen LogP contribution in [-0.4, -0.2) is 50.2 Å². The molecule has 0 bridgehead atoms. The summed E-state index contributed by atoms with van der Waals surface area (Å²) in [5.74, 6) is -0.603. The van der Waals surface area contributed by atoms with Gasteiger partial charge in [0.25, 0.3) is 5.91 Å². The molecule has 6 heteroatoms. The second-order valence-corrected chi connectivity index (χ2v) is 7.93. The van der Waals surface area contributed by atoms with Crippen molar-refractivity contribution >= 4 is 28.3 Å². The largest absolute Gasteiger partial charge is 0.465 e. The maximum atomic E-state index is 13.4. The van der Waals surface area contributed by atoms with Gasteiger partial charge < -0.3 is 19.3 Å². The lowest BCUT2D eigenvalue weighted by molar-refractivity contribution is 0.0595. The second kappa shape index (κ2) is 8.04. The number of benzene rings is 3. The molecule has 6 nitrogen and oxygen atoms in total. The molecule has 5 rings (SSSR count). The molecule has 158 valence electrons. The molecule has 0 aromatic heterocycles. The van der Waals surface area contributed by atoms with Crippen molar-refractivity contribution in [3.8, 4) is 0 Å². The number of hydrogen-bond donors (Lipinski definition) is 0. The van der Waals surface area contributed by atoms with E-state index in [1.807, 2.05) is 48.5 Å². The zero-order valence-corrected chi connectivity index (χ0v) is 17.5. The highest BCUT2D eigenvalue weighted by atomic mass is 16.5. The summed E-state index contributed by atoms with van der Waals surface area (Å²) in [5.41, 5.74) is 3.78. The van der Waals surface area contributed by atoms with Crippen LogP contribution >= 0.6 is 0 Å². The van der Waals surface area contributed by atoms with Gasteiger partial charge in [0.2, 0.25) is 0 Å². The van der Waals surface area contributed by atoms with E-state index in [2.05, 4.69) is 11.0 Å². The van der Waals surface area contributed by atoms with Crippen molar-refractivity contribution in [2.45, 2.75) is 13.1 Å². The topological polar surface area (TPSA) is 59.1 Å². The Morgan fingerprint density at radius 3 is 2.58 bits per heavy atom. The van der Waals surface area contributed by atoms with Crippen molar-refractivity contribution < 1.29 is 19.1 Å². The number of carbonyl (C=O) groups excluding carboxylic acids is 2. The van der Waals surface area contributed by atoms with E-state index < -0.39 is 5.97 Å². The Kier molecular flexibility index (Phi) is 5.08. The Labute approximate surface area is 181 Å². The zero-order chi connectivity index (χ0) is 21.4. The first kappa shape index (κ1) is 19.6. The van der Waals surface area contributed by atoms with E-state index in [0.29, 0.717) is 37.4 Å². The normalized spacial score (nSPS) is 16.0. The summed E-state index contributed by atoms with van der Waals surface area (Å²) in [4.78, 5) is 30.2. The molecule has 2 aliphatic rings. The lowest BCUT2D eigenvalue weighted by Gasteiger charge is -2.29. The first-order chi connectivity index (χ1) is 15.2. The van der Waals surface area contributed by atoms with Crippen molar-refractivity contribution in [3.05, 3.63) is 76.9 Å². The summed E-state index contributed by atoms with van der Waals surface area (Å²) < 4.78 is 10.6. The molecule has 1 amide bonds. The molecule has 2 heterocycles. The smallest absolute Gasteiger partial charge is 0.339 e. The molecule has 3 aromatic rings. The molecular formula is C25H24N2O4. The van der Waals surface area contributed by atoms with Gasteiger partial charge in [-0.1, -0.05) is 36.4 Å². The van der Waals surface area contributed by atoms with Gasteiger partial charge in [0.05, 0.1) is 31.5 Å². The summed E-state index contributed by atoms with van der Waals surface area (Å²) in [6.07, 6.45) is 0. The standard InChI is InChI=1S/C25H24N2O4/c1-30-25(29)23-21-14-20(26-9-11-31-12-10-26)8-7-18(21)13-19-16-27(24(28)22(19)23)15-17-5-3-2-4-6-17/h2-8,13-14H,9-12,15-16H2,1H3. The molecule has 1 fully saturated rings. The molecule has 0 radical (unpaired) electrons. The van der Waals surface area contributed by atoms with Gasteiger partial charge in [-0.15, -0.1) is 0 Å². The van der Waals surface area contributed by atoms with Crippen LogP contribution in [0.25, 0.3) is 10.8 Å². The number of rotatable bonds is 4. The van der Waals surface area contributed by atoms with Crippen LogP contribution in [0.1, 0.15) is 31.8 Å². The predicted octanol–water partition coefficient (Wildman–Crippen LogP) is 3.62. The van der Waals surface area contributed by atoms with E-state index in [1.54, 1.807) is 4.90 Å². The maximum absolute atomic E-state index is 13.4. The third-order valence-corrected chi connectivity index (χ3v) is 6.05. The number of ether oxygens (including phenoxy) is 2. The van der Waals surface area contributed by atoms with Gasteiger partial charge in [-0.3, -0.25) is 4.79 Å². The Bertz CT molecular complexity index is 1150. The lowest BCUT2D eigenvalue weighted by atomic mass is 9.94. The number of methoxy groups -OCH3 is 1. The van der Waals surface area contributed by atoms with E-state index in [0.717, 1.165) is 40.7 Å². The third kappa shape index (κ3) is 3.53. The molecule has 2 aliphatic heterocycles. The fourth-order valence-corrected chi connectivity index (χ4v) is 4.51. The highest BCUT2D eigenvalue weighted by molar-refractivity contribution is 6.16. The molecule has 0 aliphatic carbocycles. The highest BCUT2D eigenvalue weighted by Crippen LogP contribution is 2.35. The van der Waals surface area contributed by atoms with E-state index >= 15 is 0 Å². The molecule has 0 unspecified atom stereocenters. The first-order valence-electron chi connectivity index (χ1n) is 10.5. The van der Waals surface area contributed by atoms with Crippen LogP contribution in [0.5, 0.6) is 0 Å². The first-order valence-corrected chi connectivity index (χ1v) is 10.5. The third-order valence-electron chi connectivity index (χ3n) is 6.05. The van der Waals surface area contributed by atoms with Crippen molar-refractivity contribution in [2.75, 3.05) is 38.3 Å². The zero-order valence-electron chi connectivity index (χ0n) is 17.5. The quantitative estimate of drug-likeness (QED) is 0.608. The second-order valence-electron chi connectivity index (χ2n) is 7.93. The Morgan fingerprint density at radius 2 is 1.84 bits per heavy atom. The monoisotopic (exact) mass is 416 g/mol. The summed E-state index contributed by atoms with van der Waals surface area (Å²) in [6.45, 7) is 3.94. The van der Waals surface area contributed by atoms with Crippen LogP contribution in [0.4, 0.5) is 5.69 Å². The summed E-state index contributed by atoms with van der Waals surface area (Å²) in [7, 11) is 1.36. The molecule has 31 heavy (non-hydrogen) atoms. The van der Waals surface area contributed by atoms with Gasteiger partial charge >= 0.3 is 5.97 Å². The minimum atomic E-state index is -0.476. The van der Waals surface area contributed by atoms with Crippen molar-refractivity contribution in [3.63, 3.8) is 0 Å². The molecule has 3 aromatic carbocycles. The van der Waals surface area contributed by atoms with E-state index in [1.165, 1.54) is 7.11 Å². The Hall–Kier alpha value is -3.38. The number of esters is 1. The maximum Gasteiger partial charge on any atom is 0.339 e. The van der Waals surface area contributed by atoms with Crippen LogP contribution in [0, 0.1) is 0 Å². The van der Waals surface area contributed by atoms with Gasteiger partial charge in [-0.2, -0.15) is 0 Å². The van der Waals surface area contributed by atoms with Gasteiger partial charge in [0.15, 0.2) is 0 Å². The number of morpholine rings is 1. The minimum absolute atomic E-state index is 0.127. The summed E-state index contributed by atoms with van der Waals surface area (Å²) in [5, 5.41) is 1.69. The number of amides is 1. The van der Waals surface area contributed by atoms with E-state index in [-0.39, 0.29) is 5.91 Å². The Balaban J connectivity index is 1.59. The number of fused-ring (bicyclic) bond motifs is 2. The lowest BCUT2D eigenvalue weighted by Crippen LogP contribution is -2.36. The fourth-order valence-electron chi connectivity index (χ4n) is 4.51. The molecule has 1 saturated heterocycles. The summed E-state index contributed by atoms with van der Waals surface area (Å²) in [6, 6.07) is 18.0. The number of hydrogen-bond acceptors (Lipinski definition) is 5. The number of anilines is 1. The summed E-state index contributed by atoms with van der Waals surface area (Å²) >= 11 is 0. The molecule has 0 atom stereocenters. The van der Waals surface area contributed by atoms with Crippen molar-refractivity contribution in [2.24, 2.45) is 0 Å². The Morgan fingerprint density at radius 1 is 1.06 bits per heavy atom. The minimum Gasteiger partial charge on any atom is -0.465 e. The molecule has 0 spiro atoms. The average Bonchev–Trinajstić information content (AvgIpc) is 3.12. The molecule has 0 N–H and O–H groups in total. The molecule has 0 saturated carbocycles. The van der Waals surface area contributed by atoms with Crippen molar-refractivity contribution in [1.29, 1.82) is 0 Å². The number of carbonyl (C=O) groups is 2. The van der Waals surface area contributed by atoms with Crippen LogP contribution in [0.2, 0.25) is 0 Å². The van der Waals surface area contributed by atoms with Crippen molar-refractivity contribution in [1.82, 2.24) is 4.90 Å². The molecular weight excluding hydrogens is 392 g/mol. The highest BCUT2D eigenvalue weighted by Gasteiger charge is 2.34. The SMILES string of the molecule is COC(=O)c1c2c(cc3ccc(N4CCOCC4)cc13)CN(Cc1ccccc1)C2=O. The van der Waals surface area contributed by atoms with Crippen LogP contribution in [-0.2, 0) is 22.6 Å².